The van der Waals surface area contributed by atoms with Gasteiger partial charge >= 0.3 is 0 Å². The van der Waals surface area contributed by atoms with Crippen LogP contribution < -0.4 is 4.90 Å². The van der Waals surface area contributed by atoms with Gasteiger partial charge in [0, 0.05) is 25.1 Å². The van der Waals surface area contributed by atoms with E-state index in [1.54, 1.807) is 11.2 Å². The number of nitrogens with zero attached hydrogens (tertiary/aromatic N) is 2. The summed E-state index contributed by atoms with van der Waals surface area (Å²) in [4.78, 5) is 18.1. The Bertz CT molecular complexity index is 535. The van der Waals surface area contributed by atoms with Crippen molar-refractivity contribution >= 4 is 11.6 Å². The molecule has 1 aromatic heterocycles. The van der Waals surface area contributed by atoms with Crippen molar-refractivity contribution in [3.8, 4) is 0 Å². The Morgan fingerprint density at radius 2 is 2.26 bits per heavy atom. The minimum Gasteiger partial charge on any atom is -0.451 e. The van der Waals surface area contributed by atoms with Crippen molar-refractivity contribution in [1.29, 1.82) is 0 Å². The largest absolute Gasteiger partial charge is 0.451 e. The molecule has 1 heterocycles. The van der Waals surface area contributed by atoms with Crippen molar-refractivity contribution in [2.24, 2.45) is 0 Å². The predicted molar refractivity (Wildman–Crippen MR) is 74.0 cm³/mol. The lowest BCUT2D eigenvalue weighted by Crippen LogP contribution is -2.30. The van der Waals surface area contributed by atoms with Crippen molar-refractivity contribution in [1.82, 2.24) is 4.98 Å². The number of anilines is 1. The lowest BCUT2D eigenvalue weighted by molar-refractivity contribution is -0.118. The second kappa shape index (κ2) is 6.18. The normalized spacial score (nSPS) is 10.4. The highest BCUT2D eigenvalue weighted by Gasteiger charge is 2.14. The van der Waals surface area contributed by atoms with E-state index in [0.29, 0.717) is 19.4 Å². The Hall–Kier alpha value is -2.10. The second-order valence-electron chi connectivity index (χ2n) is 4.46. The first-order valence-electron chi connectivity index (χ1n) is 6.45. The van der Waals surface area contributed by atoms with Gasteiger partial charge in [-0.15, -0.1) is 0 Å². The van der Waals surface area contributed by atoms with Gasteiger partial charge in [-0.2, -0.15) is 0 Å². The second-order valence-corrected chi connectivity index (χ2v) is 4.46. The smallest absolute Gasteiger partial charge is 0.227 e. The van der Waals surface area contributed by atoms with Crippen LogP contribution in [0.15, 0.2) is 41.3 Å². The molecule has 0 bridgehead atoms. The SMILES string of the molecule is CCN(C(=O)CCc1cocn1)c1cccc(C)c1. The molecule has 19 heavy (non-hydrogen) atoms. The molecule has 4 heteroatoms. The van der Waals surface area contributed by atoms with E-state index in [2.05, 4.69) is 4.98 Å². The van der Waals surface area contributed by atoms with Crippen LogP contribution in [0.5, 0.6) is 0 Å². The molecular weight excluding hydrogens is 240 g/mol. The first-order valence-corrected chi connectivity index (χ1v) is 6.45. The van der Waals surface area contributed by atoms with Gasteiger partial charge in [0.15, 0.2) is 6.39 Å². The fourth-order valence-corrected chi connectivity index (χ4v) is 2.03. The van der Waals surface area contributed by atoms with Crippen LogP contribution in [0.4, 0.5) is 5.69 Å². The van der Waals surface area contributed by atoms with Gasteiger partial charge in [0.25, 0.3) is 0 Å². The zero-order valence-corrected chi connectivity index (χ0v) is 11.3. The number of hydrogen-bond donors (Lipinski definition) is 0. The summed E-state index contributed by atoms with van der Waals surface area (Å²) in [6, 6.07) is 7.98. The highest BCUT2D eigenvalue weighted by Crippen LogP contribution is 2.17. The highest BCUT2D eigenvalue weighted by atomic mass is 16.3. The van der Waals surface area contributed by atoms with Crippen molar-refractivity contribution in [2.75, 3.05) is 11.4 Å². The molecule has 0 aliphatic heterocycles. The third-order valence-corrected chi connectivity index (χ3v) is 3.01. The van der Waals surface area contributed by atoms with Crippen molar-refractivity contribution in [2.45, 2.75) is 26.7 Å². The fraction of sp³-hybridized carbons (Fsp3) is 0.333. The zero-order valence-electron chi connectivity index (χ0n) is 11.3. The van der Waals surface area contributed by atoms with E-state index in [1.807, 2.05) is 38.1 Å². The number of rotatable bonds is 5. The summed E-state index contributed by atoms with van der Waals surface area (Å²) in [5.41, 5.74) is 2.92. The summed E-state index contributed by atoms with van der Waals surface area (Å²) in [6.45, 7) is 4.68. The highest BCUT2D eigenvalue weighted by molar-refractivity contribution is 5.93. The summed E-state index contributed by atoms with van der Waals surface area (Å²) in [5, 5.41) is 0. The van der Waals surface area contributed by atoms with Crippen LogP contribution in [-0.2, 0) is 11.2 Å². The Labute approximate surface area is 113 Å². The standard InChI is InChI=1S/C15H18N2O2/c1-3-17(14-6-4-5-12(2)9-14)15(18)8-7-13-10-19-11-16-13/h4-6,9-11H,3,7-8H2,1-2H3. The third kappa shape index (κ3) is 3.44. The van der Waals surface area contributed by atoms with Gasteiger partial charge in [0.1, 0.15) is 6.26 Å². The topological polar surface area (TPSA) is 46.3 Å². The third-order valence-electron chi connectivity index (χ3n) is 3.01. The number of oxazole rings is 1. The van der Waals surface area contributed by atoms with Gasteiger partial charge < -0.3 is 9.32 Å². The Morgan fingerprint density at radius 1 is 1.42 bits per heavy atom. The maximum atomic E-state index is 12.2. The van der Waals surface area contributed by atoms with E-state index in [9.17, 15) is 4.79 Å². The summed E-state index contributed by atoms with van der Waals surface area (Å²) < 4.78 is 4.90. The summed E-state index contributed by atoms with van der Waals surface area (Å²) >= 11 is 0. The summed E-state index contributed by atoms with van der Waals surface area (Å²) in [7, 11) is 0. The van der Waals surface area contributed by atoms with Crippen LogP contribution >= 0.6 is 0 Å². The first kappa shape index (κ1) is 13.3. The van der Waals surface area contributed by atoms with Crippen LogP contribution in [0.2, 0.25) is 0 Å². The van der Waals surface area contributed by atoms with Crippen molar-refractivity contribution in [3.63, 3.8) is 0 Å². The minimum absolute atomic E-state index is 0.108. The maximum Gasteiger partial charge on any atom is 0.227 e. The van der Waals surface area contributed by atoms with Crippen LogP contribution in [0, 0.1) is 6.92 Å². The van der Waals surface area contributed by atoms with Crippen molar-refractivity contribution < 1.29 is 9.21 Å². The van der Waals surface area contributed by atoms with E-state index in [4.69, 9.17) is 4.42 Å². The van der Waals surface area contributed by atoms with E-state index in [-0.39, 0.29) is 5.91 Å². The van der Waals surface area contributed by atoms with E-state index >= 15 is 0 Å². The zero-order chi connectivity index (χ0) is 13.7. The van der Waals surface area contributed by atoms with E-state index < -0.39 is 0 Å². The molecule has 2 aromatic rings. The molecule has 1 amide bonds. The Morgan fingerprint density at radius 3 is 2.89 bits per heavy atom. The minimum atomic E-state index is 0.108. The lowest BCUT2D eigenvalue weighted by atomic mass is 10.2. The first-order chi connectivity index (χ1) is 9.20. The van der Waals surface area contributed by atoms with Gasteiger partial charge in [-0.05, 0) is 31.5 Å². The molecule has 0 N–H and O–H groups in total. The van der Waals surface area contributed by atoms with Gasteiger partial charge in [-0.3, -0.25) is 4.79 Å². The maximum absolute atomic E-state index is 12.2. The molecule has 0 fully saturated rings. The van der Waals surface area contributed by atoms with E-state index in [1.165, 1.54) is 6.39 Å². The van der Waals surface area contributed by atoms with Gasteiger partial charge in [-0.25, -0.2) is 4.98 Å². The average molecular weight is 258 g/mol. The number of hydrogen-bond acceptors (Lipinski definition) is 3. The average Bonchev–Trinajstić information content (AvgIpc) is 2.90. The lowest BCUT2D eigenvalue weighted by Gasteiger charge is -2.21. The van der Waals surface area contributed by atoms with Crippen molar-refractivity contribution in [3.05, 3.63) is 48.2 Å². The molecule has 2 rings (SSSR count). The van der Waals surface area contributed by atoms with Crippen LogP contribution in [0.1, 0.15) is 24.6 Å². The molecule has 4 nitrogen and oxygen atoms in total. The molecule has 0 atom stereocenters. The van der Waals surface area contributed by atoms with Gasteiger partial charge in [0.05, 0.1) is 5.69 Å². The van der Waals surface area contributed by atoms with Gasteiger partial charge in [-0.1, -0.05) is 12.1 Å². The van der Waals surface area contributed by atoms with Gasteiger partial charge in [0.2, 0.25) is 5.91 Å². The Kier molecular flexibility index (Phi) is 4.34. The molecular formula is C15H18N2O2. The number of benzene rings is 1. The number of amides is 1. The number of carbonyl (C=O) groups is 1. The summed E-state index contributed by atoms with van der Waals surface area (Å²) in [6.07, 6.45) is 4.01. The number of aryl methyl sites for hydroxylation is 2. The molecule has 0 radical (unpaired) electrons. The van der Waals surface area contributed by atoms with Crippen LogP contribution in [0.25, 0.3) is 0 Å². The monoisotopic (exact) mass is 258 g/mol. The number of aromatic nitrogens is 1. The Balaban J connectivity index is 2.02. The van der Waals surface area contributed by atoms with Crippen LogP contribution in [0.3, 0.4) is 0 Å². The molecule has 1 aromatic carbocycles. The predicted octanol–water partition coefficient (Wildman–Crippen LogP) is 2.97. The van der Waals surface area contributed by atoms with Crippen LogP contribution in [-0.4, -0.2) is 17.4 Å². The molecule has 100 valence electrons. The molecule has 0 saturated carbocycles. The fourth-order valence-electron chi connectivity index (χ4n) is 2.03. The molecule has 0 aliphatic rings. The molecule has 0 unspecified atom stereocenters. The summed E-state index contributed by atoms with van der Waals surface area (Å²) in [5.74, 6) is 0.108. The molecule has 0 spiro atoms. The molecule has 0 aliphatic carbocycles. The number of carbonyl (C=O) groups excluding carboxylic acids is 1. The molecule has 0 saturated heterocycles. The van der Waals surface area contributed by atoms with E-state index in [0.717, 1.165) is 16.9 Å². The quantitative estimate of drug-likeness (QED) is 0.828.